The van der Waals surface area contributed by atoms with Crippen molar-refractivity contribution in [3.05, 3.63) is 41.2 Å². The lowest BCUT2D eigenvalue weighted by atomic mass is 9.80. The van der Waals surface area contributed by atoms with Gasteiger partial charge in [0.25, 0.3) is 0 Å². The Labute approximate surface area is 150 Å². The molecule has 1 aromatic carbocycles. The van der Waals surface area contributed by atoms with Crippen molar-refractivity contribution in [1.29, 1.82) is 0 Å². The molecule has 3 rings (SSSR count). The largest absolute Gasteiger partial charge is 0.368 e. The number of benzene rings is 1. The monoisotopic (exact) mass is 339 g/mol. The molecule has 0 radical (unpaired) electrons. The molecule has 134 valence electrons. The van der Waals surface area contributed by atoms with Gasteiger partial charge in [-0.3, -0.25) is 0 Å². The van der Waals surface area contributed by atoms with Crippen LogP contribution >= 0.6 is 0 Å². The third-order valence-corrected chi connectivity index (χ3v) is 4.99. The number of hydrogen-bond donors (Lipinski definition) is 2. The van der Waals surface area contributed by atoms with Crippen molar-refractivity contribution in [2.45, 2.75) is 64.8 Å². The lowest BCUT2D eigenvalue weighted by molar-refractivity contribution is 0.322. The minimum absolute atomic E-state index is 0.236. The number of rotatable bonds is 5. The fourth-order valence-corrected chi connectivity index (χ4v) is 3.68. The second-order valence-electron chi connectivity index (χ2n) is 7.52. The van der Waals surface area contributed by atoms with Gasteiger partial charge in [0, 0.05) is 12.0 Å². The van der Waals surface area contributed by atoms with Gasteiger partial charge in [-0.15, -0.1) is 0 Å². The normalized spacial score (nSPS) is 20.6. The molecule has 1 aliphatic carbocycles. The lowest BCUT2D eigenvalue weighted by Crippen LogP contribution is -2.34. The maximum atomic E-state index is 5.87. The van der Waals surface area contributed by atoms with Gasteiger partial charge in [-0.2, -0.15) is 15.0 Å². The smallest absolute Gasteiger partial charge is 0.227 e. The molecule has 0 amide bonds. The molecule has 0 spiro atoms. The molecule has 25 heavy (non-hydrogen) atoms. The molecule has 0 bridgehead atoms. The van der Waals surface area contributed by atoms with E-state index in [-0.39, 0.29) is 5.92 Å². The first-order valence-electron chi connectivity index (χ1n) is 9.35. The van der Waals surface area contributed by atoms with Crippen molar-refractivity contribution >= 4 is 11.9 Å². The van der Waals surface area contributed by atoms with Crippen molar-refractivity contribution in [2.75, 3.05) is 11.1 Å². The molecule has 2 aromatic rings. The SMILES string of the molecule is Cc1cccc(CC2CCCCC2Nc2nc(N)nc(C(C)C)n2)c1. The van der Waals surface area contributed by atoms with E-state index in [1.807, 2.05) is 0 Å². The number of anilines is 2. The molecule has 1 fully saturated rings. The van der Waals surface area contributed by atoms with E-state index in [2.05, 4.69) is 65.3 Å². The van der Waals surface area contributed by atoms with Crippen LogP contribution in [0.2, 0.25) is 0 Å². The predicted octanol–water partition coefficient (Wildman–Crippen LogP) is 4.10. The van der Waals surface area contributed by atoms with Gasteiger partial charge in [0.2, 0.25) is 11.9 Å². The highest BCUT2D eigenvalue weighted by molar-refractivity contribution is 5.33. The summed E-state index contributed by atoms with van der Waals surface area (Å²) in [6.07, 6.45) is 6.03. The van der Waals surface area contributed by atoms with Crippen LogP contribution < -0.4 is 11.1 Å². The van der Waals surface area contributed by atoms with Crippen LogP contribution in [-0.4, -0.2) is 21.0 Å². The highest BCUT2D eigenvalue weighted by Crippen LogP contribution is 2.30. The molecule has 1 saturated carbocycles. The van der Waals surface area contributed by atoms with E-state index in [4.69, 9.17) is 5.73 Å². The molecular weight excluding hydrogens is 310 g/mol. The first-order valence-corrected chi connectivity index (χ1v) is 9.35. The summed E-state index contributed by atoms with van der Waals surface area (Å²) >= 11 is 0. The summed E-state index contributed by atoms with van der Waals surface area (Å²) in [5, 5.41) is 3.56. The van der Waals surface area contributed by atoms with E-state index < -0.39 is 0 Å². The molecule has 0 aliphatic heterocycles. The van der Waals surface area contributed by atoms with Crippen molar-refractivity contribution in [3.63, 3.8) is 0 Å². The van der Waals surface area contributed by atoms with Gasteiger partial charge in [0.1, 0.15) is 5.82 Å². The number of hydrogen-bond acceptors (Lipinski definition) is 5. The Morgan fingerprint density at radius 1 is 1.16 bits per heavy atom. The van der Waals surface area contributed by atoms with E-state index in [9.17, 15) is 0 Å². The second-order valence-corrected chi connectivity index (χ2v) is 7.52. The van der Waals surface area contributed by atoms with Gasteiger partial charge in [0.15, 0.2) is 0 Å². The van der Waals surface area contributed by atoms with Gasteiger partial charge in [-0.25, -0.2) is 0 Å². The standard InChI is InChI=1S/C20H29N5/c1-13(2)18-23-19(21)25-20(24-18)22-17-10-5-4-9-16(17)12-15-8-6-7-14(3)11-15/h6-8,11,13,16-17H,4-5,9-10,12H2,1-3H3,(H3,21,22,23,24,25). The fraction of sp³-hybridized carbons (Fsp3) is 0.550. The van der Waals surface area contributed by atoms with Crippen molar-refractivity contribution in [1.82, 2.24) is 15.0 Å². The number of aromatic nitrogens is 3. The molecule has 0 saturated heterocycles. The average molecular weight is 339 g/mol. The Hall–Kier alpha value is -2.17. The quantitative estimate of drug-likeness (QED) is 0.857. The van der Waals surface area contributed by atoms with Gasteiger partial charge in [-0.05, 0) is 37.7 Å². The zero-order chi connectivity index (χ0) is 17.8. The zero-order valence-electron chi connectivity index (χ0n) is 15.5. The van der Waals surface area contributed by atoms with E-state index in [0.29, 0.717) is 23.9 Å². The van der Waals surface area contributed by atoms with E-state index in [1.165, 1.54) is 30.4 Å². The molecule has 2 unspecified atom stereocenters. The highest BCUT2D eigenvalue weighted by Gasteiger charge is 2.26. The highest BCUT2D eigenvalue weighted by atomic mass is 15.2. The molecular formula is C20H29N5. The summed E-state index contributed by atoms with van der Waals surface area (Å²) in [5.74, 6) is 2.50. The number of nitrogens with two attached hydrogens (primary N) is 1. The van der Waals surface area contributed by atoms with Crippen LogP contribution in [0.3, 0.4) is 0 Å². The second kappa shape index (κ2) is 7.81. The van der Waals surface area contributed by atoms with Crippen LogP contribution in [-0.2, 0) is 6.42 Å². The van der Waals surface area contributed by atoms with Crippen LogP contribution in [0, 0.1) is 12.8 Å². The zero-order valence-corrected chi connectivity index (χ0v) is 15.5. The molecule has 3 N–H and O–H groups in total. The summed E-state index contributed by atoms with van der Waals surface area (Å²) < 4.78 is 0. The van der Waals surface area contributed by atoms with E-state index in [0.717, 1.165) is 18.7 Å². The summed E-state index contributed by atoms with van der Waals surface area (Å²) in [4.78, 5) is 13.1. The predicted molar refractivity (Wildman–Crippen MR) is 103 cm³/mol. The summed E-state index contributed by atoms with van der Waals surface area (Å²) in [7, 11) is 0. The maximum absolute atomic E-state index is 5.87. The third-order valence-electron chi connectivity index (χ3n) is 4.99. The number of nitrogens with one attached hydrogen (secondary N) is 1. The van der Waals surface area contributed by atoms with Gasteiger partial charge < -0.3 is 11.1 Å². The molecule has 1 aliphatic rings. The van der Waals surface area contributed by atoms with Crippen LogP contribution in [0.4, 0.5) is 11.9 Å². The Balaban J connectivity index is 1.75. The Morgan fingerprint density at radius 2 is 1.96 bits per heavy atom. The topological polar surface area (TPSA) is 76.7 Å². The Bertz CT molecular complexity index is 713. The summed E-state index contributed by atoms with van der Waals surface area (Å²) in [6.45, 7) is 6.29. The van der Waals surface area contributed by atoms with Crippen LogP contribution in [0.15, 0.2) is 24.3 Å². The van der Waals surface area contributed by atoms with Gasteiger partial charge in [-0.1, -0.05) is 56.5 Å². The average Bonchev–Trinajstić information content (AvgIpc) is 2.56. The van der Waals surface area contributed by atoms with E-state index >= 15 is 0 Å². The first kappa shape index (κ1) is 17.6. The van der Waals surface area contributed by atoms with Gasteiger partial charge >= 0.3 is 0 Å². The van der Waals surface area contributed by atoms with Crippen molar-refractivity contribution in [3.8, 4) is 0 Å². The first-order chi connectivity index (χ1) is 12.0. The van der Waals surface area contributed by atoms with Crippen molar-refractivity contribution in [2.24, 2.45) is 5.92 Å². The minimum Gasteiger partial charge on any atom is -0.368 e. The van der Waals surface area contributed by atoms with E-state index in [1.54, 1.807) is 0 Å². The van der Waals surface area contributed by atoms with Crippen LogP contribution in [0.1, 0.15) is 62.4 Å². The van der Waals surface area contributed by atoms with Crippen LogP contribution in [0.25, 0.3) is 0 Å². The Morgan fingerprint density at radius 3 is 2.72 bits per heavy atom. The number of nitrogen functional groups attached to an aromatic ring is 1. The van der Waals surface area contributed by atoms with Gasteiger partial charge in [0.05, 0.1) is 0 Å². The number of nitrogens with zero attached hydrogens (tertiary/aromatic N) is 3. The summed E-state index contributed by atoms with van der Waals surface area (Å²) in [6, 6.07) is 9.22. The number of aryl methyl sites for hydroxylation is 1. The fourth-order valence-electron chi connectivity index (χ4n) is 3.68. The molecule has 2 atom stereocenters. The molecule has 5 nitrogen and oxygen atoms in total. The minimum atomic E-state index is 0.236. The molecule has 1 aromatic heterocycles. The maximum Gasteiger partial charge on any atom is 0.227 e. The molecule has 1 heterocycles. The van der Waals surface area contributed by atoms with Crippen LogP contribution in [0.5, 0.6) is 0 Å². The third kappa shape index (κ3) is 4.68. The molecule has 5 heteroatoms. The van der Waals surface area contributed by atoms with Crippen molar-refractivity contribution < 1.29 is 0 Å². The summed E-state index contributed by atoms with van der Waals surface area (Å²) in [5.41, 5.74) is 8.61. The lowest BCUT2D eigenvalue weighted by Gasteiger charge is -2.32. The Kier molecular flexibility index (Phi) is 5.51.